The Bertz CT molecular complexity index is 554. The molecule has 0 bridgehead atoms. The Kier molecular flexibility index (Phi) is 4.17. The quantitative estimate of drug-likeness (QED) is 0.816. The third-order valence-electron chi connectivity index (χ3n) is 3.60. The lowest BCUT2D eigenvalue weighted by atomic mass is 10.1. The third kappa shape index (κ3) is 2.71. The number of rotatable bonds is 5. The number of aldehydes is 1. The average molecular weight is 274 g/mol. The van der Waals surface area contributed by atoms with Gasteiger partial charge in [-0.05, 0) is 25.0 Å². The number of hydrogen-bond donors (Lipinski definition) is 1. The van der Waals surface area contributed by atoms with Crippen LogP contribution >= 0.6 is 0 Å². The number of fused-ring (bicyclic) bond motifs is 1. The summed E-state index contributed by atoms with van der Waals surface area (Å²) < 4.78 is 0. The number of aryl methyl sites for hydroxylation is 1. The van der Waals surface area contributed by atoms with Crippen LogP contribution in [0.4, 0.5) is 0 Å². The van der Waals surface area contributed by atoms with Crippen LogP contribution in [0.2, 0.25) is 0 Å². The van der Waals surface area contributed by atoms with Crippen LogP contribution in [0.15, 0.2) is 18.2 Å². The molecule has 5 nitrogen and oxygen atoms in total. The van der Waals surface area contributed by atoms with E-state index in [9.17, 15) is 14.4 Å². The highest BCUT2D eigenvalue weighted by atomic mass is 16.2. The lowest BCUT2D eigenvalue weighted by molar-refractivity contribution is -0.121. The van der Waals surface area contributed by atoms with Crippen molar-refractivity contribution in [1.29, 1.82) is 0 Å². The van der Waals surface area contributed by atoms with E-state index < -0.39 is 6.04 Å². The minimum absolute atomic E-state index is 0.128. The van der Waals surface area contributed by atoms with Gasteiger partial charge < -0.3 is 15.0 Å². The summed E-state index contributed by atoms with van der Waals surface area (Å²) >= 11 is 0. The first kappa shape index (κ1) is 14.2. The molecular weight excluding hydrogens is 256 g/mol. The Morgan fingerprint density at radius 3 is 2.90 bits per heavy atom. The normalized spacial score (nSPS) is 14.9. The zero-order valence-electron chi connectivity index (χ0n) is 11.7. The predicted molar refractivity (Wildman–Crippen MR) is 74.2 cm³/mol. The lowest BCUT2D eigenvalue weighted by Crippen LogP contribution is -2.37. The first-order chi connectivity index (χ1) is 9.56. The zero-order valence-corrected chi connectivity index (χ0v) is 11.7. The molecule has 1 aliphatic rings. The summed E-state index contributed by atoms with van der Waals surface area (Å²) in [6, 6.07) is 5.11. The maximum atomic E-state index is 12.3. The molecule has 1 heterocycles. The summed E-state index contributed by atoms with van der Waals surface area (Å²) in [7, 11) is 1.55. The maximum Gasteiger partial charge on any atom is 0.255 e. The molecule has 1 aromatic rings. The van der Waals surface area contributed by atoms with Gasteiger partial charge in [-0.3, -0.25) is 9.59 Å². The van der Waals surface area contributed by atoms with E-state index in [2.05, 4.69) is 5.32 Å². The van der Waals surface area contributed by atoms with Crippen LogP contribution in [0, 0.1) is 6.92 Å². The second kappa shape index (κ2) is 5.86. The van der Waals surface area contributed by atoms with Crippen molar-refractivity contribution in [3.05, 3.63) is 34.9 Å². The number of nitrogens with zero attached hydrogens (tertiary/aromatic N) is 1. The molecule has 1 atom stereocenters. The van der Waals surface area contributed by atoms with Crippen molar-refractivity contribution in [2.24, 2.45) is 0 Å². The molecule has 0 aromatic heterocycles. The van der Waals surface area contributed by atoms with Crippen LogP contribution in [0.3, 0.4) is 0 Å². The standard InChI is InChI=1S/C15H18N2O3/c1-10-3-5-13-11(7-10)8-17(15(13)20)12(9-18)4-6-14(19)16-2/h3,5,7,9,12H,4,6,8H2,1-2H3,(H,16,19). The second-order valence-corrected chi connectivity index (χ2v) is 5.01. The fraction of sp³-hybridized carbons (Fsp3) is 0.400. The van der Waals surface area contributed by atoms with Gasteiger partial charge in [-0.2, -0.15) is 0 Å². The van der Waals surface area contributed by atoms with Gasteiger partial charge in [-0.1, -0.05) is 17.7 Å². The van der Waals surface area contributed by atoms with Crippen LogP contribution in [-0.2, 0) is 16.1 Å². The molecular formula is C15H18N2O3. The Labute approximate surface area is 118 Å². The summed E-state index contributed by atoms with van der Waals surface area (Å²) in [6.07, 6.45) is 1.33. The minimum atomic E-state index is -0.549. The van der Waals surface area contributed by atoms with E-state index in [1.807, 2.05) is 19.1 Å². The smallest absolute Gasteiger partial charge is 0.255 e. The topological polar surface area (TPSA) is 66.5 Å². The van der Waals surface area contributed by atoms with Crippen molar-refractivity contribution < 1.29 is 14.4 Å². The summed E-state index contributed by atoms with van der Waals surface area (Å²) in [4.78, 5) is 36.3. The Balaban J connectivity index is 2.12. The van der Waals surface area contributed by atoms with E-state index in [0.29, 0.717) is 18.5 Å². The molecule has 0 radical (unpaired) electrons. The van der Waals surface area contributed by atoms with Gasteiger partial charge in [0, 0.05) is 25.6 Å². The fourth-order valence-corrected chi connectivity index (χ4v) is 2.44. The van der Waals surface area contributed by atoms with Gasteiger partial charge in [-0.25, -0.2) is 0 Å². The molecule has 0 aliphatic carbocycles. The molecule has 106 valence electrons. The Hall–Kier alpha value is -2.17. The van der Waals surface area contributed by atoms with Gasteiger partial charge in [0.25, 0.3) is 5.91 Å². The van der Waals surface area contributed by atoms with Crippen molar-refractivity contribution in [1.82, 2.24) is 10.2 Å². The Morgan fingerprint density at radius 2 is 2.25 bits per heavy atom. The van der Waals surface area contributed by atoms with Crippen LogP contribution in [0.1, 0.15) is 34.3 Å². The third-order valence-corrected chi connectivity index (χ3v) is 3.60. The molecule has 1 N–H and O–H groups in total. The van der Waals surface area contributed by atoms with Gasteiger partial charge in [0.2, 0.25) is 5.91 Å². The summed E-state index contributed by atoms with van der Waals surface area (Å²) in [5.41, 5.74) is 2.69. The van der Waals surface area contributed by atoms with Crippen LogP contribution in [0.25, 0.3) is 0 Å². The molecule has 0 fully saturated rings. The summed E-state index contributed by atoms with van der Waals surface area (Å²) in [6.45, 7) is 2.41. The molecule has 0 saturated heterocycles. The van der Waals surface area contributed by atoms with E-state index in [1.54, 1.807) is 18.0 Å². The van der Waals surface area contributed by atoms with Crippen LogP contribution in [0.5, 0.6) is 0 Å². The predicted octanol–water partition coefficient (Wildman–Crippen LogP) is 1.04. The summed E-state index contributed by atoms with van der Waals surface area (Å²) in [5.74, 6) is -0.258. The van der Waals surface area contributed by atoms with E-state index in [-0.39, 0.29) is 18.2 Å². The largest absolute Gasteiger partial charge is 0.359 e. The van der Waals surface area contributed by atoms with Crippen molar-refractivity contribution in [3.63, 3.8) is 0 Å². The number of carbonyl (C=O) groups is 3. The van der Waals surface area contributed by atoms with Gasteiger partial charge in [0.15, 0.2) is 0 Å². The molecule has 1 aliphatic heterocycles. The van der Waals surface area contributed by atoms with Gasteiger partial charge >= 0.3 is 0 Å². The van der Waals surface area contributed by atoms with E-state index in [1.165, 1.54) is 0 Å². The van der Waals surface area contributed by atoms with E-state index >= 15 is 0 Å². The fourth-order valence-electron chi connectivity index (χ4n) is 2.44. The monoisotopic (exact) mass is 274 g/mol. The molecule has 20 heavy (non-hydrogen) atoms. The van der Waals surface area contributed by atoms with Gasteiger partial charge in [-0.15, -0.1) is 0 Å². The van der Waals surface area contributed by atoms with Gasteiger partial charge in [0.1, 0.15) is 6.29 Å². The van der Waals surface area contributed by atoms with E-state index in [4.69, 9.17) is 0 Å². The second-order valence-electron chi connectivity index (χ2n) is 5.01. The highest BCUT2D eigenvalue weighted by Gasteiger charge is 2.32. The SMILES string of the molecule is CNC(=O)CCC(C=O)N1Cc2cc(C)ccc2C1=O. The first-order valence-corrected chi connectivity index (χ1v) is 6.63. The maximum absolute atomic E-state index is 12.3. The van der Waals surface area contributed by atoms with Crippen molar-refractivity contribution >= 4 is 18.1 Å². The van der Waals surface area contributed by atoms with Crippen molar-refractivity contribution in [2.45, 2.75) is 32.4 Å². The molecule has 0 spiro atoms. The molecule has 1 unspecified atom stereocenters. The van der Waals surface area contributed by atoms with Crippen molar-refractivity contribution in [2.75, 3.05) is 7.05 Å². The average Bonchev–Trinajstić information content (AvgIpc) is 2.76. The highest BCUT2D eigenvalue weighted by molar-refractivity contribution is 5.99. The zero-order chi connectivity index (χ0) is 14.7. The minimum Gasteiger partial charge on any atom is -0.359 e. The van der Waals surface area contributed by atoms with Crippen LogP contribution < -0.4 is 5.32 Å². The van der Waals surface area contributed by atoms with Gasteiger partial charge in [0.05, 0.1) is 6.04 Å². The lowest BCUT2D eigenvalue weighted by Gasteiger charge is -2.22. The number of nitrogens with one attached hydrogen (secondary N) is 1. The highest BCUT2D eigenvalue weighted by Crippen LogP contribution is 2.26. The van der Waals surface area contributed by atoms with Crippen molar-refractivity contribution in [3.8, 4) is 0 Å². The number of carbonyl (C=O) groups excluding carboxylic acids is 3. The first-order valence-electron chi connectivity index (χ1n) is 6.63. The number of hydrogen-bond acceptors (Lipinski definition) is 3. The molecule has 0 saturated carbocycles. The van der Waals surface area contributed by atoms with E-state index in [0.717, 1.165) is 17.4 Å². The van der Waals surface area contributed by atoms with Crippen LogP contribution in [-0.4, -0.2) is 36.1 Å². The summed E-state index contributed by atoms with van der Waals surface area (Å²) in [5, 5.41) is 2.51. The molecule has 5 heteroatoms. The molecule has 1 aromatic carbocycles. The number of benzene rings is 1. The Morgan fingerprint density at radius 1 is 1.50 bits per heavy atom. The molecule has 2 rings (SSSR count). The number of amides is 2. The molecule has 2 amide bonds.